The summed E-state index contributed by atoms with van der Waals surface area (Å²) in [7, 11) is 0. The van der Waals surface area contributed by atoms with E-state index >= 15 is 0 Å². The monoisotopic (exact) mass is 372 g/mol. The molecule has 0 spiro atoms. The third kappa shape index (κ3) is 4.46. The highest BCUT2D eigenvalue weighted by atomic mass is 19.1. The molecule has 0 radical (unpaired) electrons. The number of esters is 1. The summed E-state index contributed by atoms with van der Waals surface area (Å²) >= 11 is 0. The van der Waals surface area contributed by atoms with Crippen molar-refractivity contribution in [3.05, 3.63) is 69.0 Å². The number of hydrogen-bond acceptors (Lipinski definition) is 5. The fraction of sp³-hybridized carbons (Fsp3) is 0.263. The maximum Gasteiger partial charge on any atom is 0.338 e. The first-order valence-corrected chi connectivity index (χ1v) is 8.47. The molecule has 1 amide bonds. The normalized spacial score (nSPS) is 12.8. The predicted molar refractivity (Wildman–Crippen MR) is 95.1 cm³/mol. The van der Waals surface area contributed by atoms with Crippen LogP contribution in [-0.4, -0.2) is 23.4 Å². The molecule has 8 heteroatoms. The van der Waals surface area contributed by atoms with E-state index in [1.54, 1.807) is 12.1 Å². The van der Waals surface area contributed by atoms with E-state index in [1.165, 1.54) is 5.56 Å². The van der Waals surface area contributed by atoms with Crippen LogP contribution in [-0.2, 0) is 22.4 Å². The van der Waals surface area contributed by atoms with Gasteiger partial charge >= 0.3 is 5.97 Å². The number of halogens is 1. The third-order valence-electron chi connectivity index (χ3n) is 4.35. The van der Waals surface area contributed by atoms with Crippen molar-refractivity contribution < 1.29 is 23.6 Å². The van der Waals surface area contributed by atoms with Gasteiger partial charge in [0.05, 0.1) is 16.2 Å². The minimum absolute atomic E-state index is 0.348. The number of aryl methyl sites for hydroxylation is 2. The number of hydrogen-bond donors (Lipinski definition) is 1. The van der Waals surface area contributed by atoms with Gasteiger partial charge in [-0.1, -0.05) is 6.07 Å². The van der Waals surface area contributed by atoms with Crippen molar-refractivity contribution in [1.82, 2.24) is 0 Å². The topological polar surface area (TPSA) is 98.5 Å². The number of carbonyl (C=O) groups is 2. The Labute approximate surface area is 154 Å². The molecule has 0 fully saturated rings. The Morgan fingerprint density at radius 3 is 2.59 bits per heavy atom. The highest BCUT2D eigenvalue weighted by molar-refractivity contribution is 5.95. The number of anilines is 1. The van der Waals surface area contributed by atoms with Crippen LogP contribution in [0.25, 0.3) is 0 Å². The number of benzene rings is 2. The van der Waals surface area contributed by atoms with E-state index in [1.807, 2.05) is 6.07 Å². The van der Waals surface area contributed by atoms with Crippen LogP contribution in [0.5, 0.6) is 0 Å². The molecule has 1 N–H and O–H groups in total. The van der Waals surface area contributed by atoms with E-state index in [-0.39, 0.29) is 11.4 Å². The smallest absolute Gasteiger partial charge is 0.338 e. The standard InChI is InChI=1S/C19H17FN2O5/c20-16-8-7-15(22(25)26)10-17(16)21-18(23)11-27-19(24)14-6-5-12-3-1-2-4-13(12)9-14/h5-10H,1-4,11H2,(H,21,23). The van der Waals surface area contributed by atoms with Gasteiger partial charge in [-0.05, 0) is 55.0 Å². The number of amides is 1. The zero-order valence-corrected chi connectivity index (χ0v) is 14.4. The van der Waals surface area contributed by atoms with Crippen LogP contribution in [0.2, 0.25) is 0 Å². The molecule has 0 saturated heterocycles. The Morgan fingerprint density at radius 2 is 1.85 bits per heavy atom. The fourth-order valence-electron chi connectivity index (χ4n) is 2.98. The minimum atomic E-state index is -0.824. The fourth-order valence-corrected chi connectivity index (χ4v) is 2.98. The second kappa shape index (κ2) is 7.94. The van der Waals surface area contributed by atoms with Gasteiger partial charge in [0.1, 0.15) is 5.82 Å². The van der Waals surface area contributed by atoms with Crippen molar-refractivity contribution in [1.29, 1.82) is 0 Å². The summed E-state index contributed by atoms with van der Waals surface area (Å²) in [6.45, 7) is -0.627. The molecule has 0 atom stereocenters. The van der Waals surface area contributed by atoms with E-state index in [9.17, 15) is 24.1 Å². The number of nitro benzene ring substituents is 1. The van der Waals surface area contributed by atoms with Gasteiger partial charge in [0.25, 0.3) is 11.6 Å². The van der Waals surface area contributed by atoms with Crippen LogP contribution in [0.3, 0.4) is 0 Å². The maximum atomic E-state index is 13.7. The lowest BCUT2D eigenvalue weighted by atomic mass is 9.90. The lowest BCUT2D eigenvalue weighted by Gasteiger charge is -2.16. The molecule has 0 aromatic heterocycles. The van der Waals surface area contributed by atoms with E-state index in [4.69, 9.17) is 4.74 Å². The molecule has 0 bridgehead atoms. The van der Waals surface area contributed by atoms with Crippen molar-refractivity contribution >= 4 is 23.3 Å². The number of nitrogens with one attached hydrogen (secondary N) is 1. The summed E-state index contributed by atoms with van der Waals surface area (Å²) in [6, 6.07) is 8.09. The van der Waals surface area contributed by atoms with Crippen molar-refractivity contribution in [2.24, 2.45) is 0 Å². The number of rotatable bonds is 5. The van der Waals surface area contributed by atoms with Crippen LogP contribution >= 0.6 is 0 Å². The first-order valence-electron chi connectivity index (χ1n) is 8.47. The average molecular weight is 372 g/mol. The lowest BCUT2D eigenvalue weighted by molar-refractivity contribution is -0.384. The molecule has 0 saturated carbocycles. The summed E-state index contributed by atoms with van der Waals surface area (Å²) in [6.07, 6.45) is 4.10. The van der Waals surface area contributed by atoms with Crippen LogP contribution in [0.4, 0.5) is 15.8 Å². The number of non-ortho nitro benzene ring substituents is 1. The van der Waals surface area contributed by atoms with Gasteiger partial charge in [-0.25, -0.2) is 9.18 Å². The summed E-state index contributed by atoms with van der Waals surface area (Å²) < 4.78 is 18.6. The molecule has 0 heterocycles. The first kappa shape index (κ1) is 18.5. The number of nitro groups is 1. The second-order valence-electron chi connectivity index (χ2n) is 6.24. The van der Waals surface area contributed by atoms with Gasteiger partial charge in [-0.15, -0.1) is 0 Å². The second-order valence-corrected chi connectivity index (χ2v) is 6.24. The Balaban J connectivity index is 1.60. The molecule has 2 aromatic carbocycles. The maximum absolute atomic E-state index is 13.7. The quantitative estimate of drug-likeness (QED) is 0.493. The highest BCUT2D eigenvalue weighted by Gasteiger charge is 2.17. The Hall–Kier alpha value is -3.29. The van der Waals surface area contributed by atoms with Crippen LogP contribution < -0.4 is 5.32 Å². The average Bonchev–Trinajstić information content (AvgIpc) is 2.67. The summed E-state index contributed by atoms with van der Waals surface area (Å²) in [5.74, 6) is -2.27. The van der Waals surface area contributed by atoms with Gasteiger partial charge in [0, 0.05) is 12.1 Å². The van der Waals surface area contributed by atoms with E-state index in [2.05, 4.69) is 5.32 Å². The molecule has 140 valence electrons. The molecule has 1 aliphatic carbocycles. The molecular formula is C19H17FN2O5. The van der Waals surface area contributed by atoms with Crippen molar-refractivity contribution in [3.8, 4) is 0 Å². The van der Waals surface area contributed by atoms with E-state index < -0.39 is 29.2 Å². The molecule has 7 nitrogen and oxygen atoms in total. The molecule has 3 rings (SSSR count). The predicted octanol–water partition coefficient (Wildman–Crippen LogP) is 3.41. The van der Waals surface area contributed by atoms with Gasteiger partial charge in [-0.2, -0.15) is 0 Å². The number of nitrogens with zero attached hydrogens (tertiary/aromatic N) is 1. The molecule has 27 heavy (non-hydrogen) atoms. The number of fused-ring (bicyclic) bond motifs is 1. The highest BCUT2D eigenvalue weighted by Crippen LogP contribution is 2.23. The lowest BCUT2D eigenvalue weighted by Crippen LogP contribution is -2.21. The van der Waals surface area contributed by atoms with E-state index in [0.717, 1.165) is 49.4 Å². The Kier molecular flexibility index (Phi) is 5.44. The molecule has 0 unspecified atom stereocenters. The third-order valence-corrected chi connectivity index (χ3v) is 4.35. The van der Waals surface area contributed by atoms with Crippen molar-refractivity contribution in [3.63, 3.8) is 0 Å². The Morgan fingerprint density at radius 1 is 1.11 bits per heavy atom. The van der Waals surface area contributed by atoms with E-state index in [0.29, 0.717) is 5.56 Å². The van der Waals surface area contributed by atoms with Crippen LogP contribution in [0, 0.1) is 15.9 Å². The molecule has 0 aliphatic heterocycles. The van der Waals surface area contributed by atoms with Crippen LogP contribution in [0.15, 0.2) is 36.4 Å². The number of carbonyl (C=O) groups excluding carboxylic acids is 2. The summed E-state index contributed by atoms with van der Waals surface area (Å²) in [4.78, 5) is 34.0. The van der Waals surface area contributed by atoms with Crippen molar-refractivity contribution in [2.75, 3.05) is 11.9 Å². The zero-order chi connectivity index (χ0) is 19.4. The summed E-state index contributed by atoms with van der Waals surface area (Å²) in [5, 5.41) is 12.9. The Bertz CT molecular complexity index is 913. The molecular weight excluding hydrogens is 355 g/mol. The number of ether oxygens (including phenoxy) is 1. The first-order chi connectivity index (χ1) is 12.9. The summed E-state index contributed by atoms with van der Waals surface area (Å²) in [5.41, 5.74) is 1.97. The minimum Gasteiger partial charge on any atom is -0.452 e. The van der Waals surface area contributed by atoms with Gasteiger partial charge in [0.2, 0.25) is 0 Å². The van der Waals surface area contributed by atoms with Crippen molar-refractivity contribution in [2.45, 2.75) is 25.7 Å². The van der Waals surface area contributed by atoms with Gasteiger partial charge in [0.15, 0.2) is 6.61 Å². The van der Waals surface area contributed by atoms with Gasteiger partial charge in [-0.3, -0.25) is 14.9 Å². The molecule has 1 aliphatic rings. The zero-order valence-electron chi connectivity index (χ0n) is 14.4. The van der Waals surface area contributed by atoms with Gasteiger partial charge < -0.3 is 10.1 Å². The SMILES string of the molecule is O=C(COC(=O)c1ccc2c(c1)CCCC2)Nc1cc([N+](=O)[O-])ccc1F. The van der Waals surface area contributed by atoms with Crippen LogP contribution in [0.1, 0.15) is 34.3 Å². The largest absolute Gasteiger partial charge is 0.452 e. The molecule has 2 aromatic rings.